The highest BCUT2D eigenvalue weighted by Gasteiger charge is 2.47. The molecular formula is C15H16N4O3S. The number of amides is 3. The maximum atomic E-state index is 12.3. The second-order valence-corrected chi connectivity index (χ2v) is 7.20. The summed E-state index contributed by atoms with van der Waals surface area (Å²) in [6.45, 7) is -0.247. The van der Waals surface area contributed by atoms with Crippen molar-refractivity contribution in [2.45, 2.75) is 31.6 Å². The van der Waals surface area contributed by atoms with Crippen LogP contribution < -0.4 is 5.32 Å². The fraction of sp³-hybridized carbons (Fsp3) is 0.533. The molecule has 3 amide bonds. The van der Waals surface area contributed by atoms with Crippen LogP contribution in [0.4, 0.5) is 5.13 Å². The first kappa shape index (κ1) is 14.5. The van der Waals surface area contributed by atoms with Gasteiger partial charge in [-0.25, -0.2) is 0 Å². The second-order valence-electron chi connectivity index (χ2n) is 6.19. The van der Waals surface area contributed by atoms with Gasteiger partial charge in [0.1, 0.15) is 11.6 Å². The lowest BCUT2D eigenvalue weighted by atomic mass is 9.85. The Labute approximate surface area is 136 Å². The first-order valence-corrected chi connectivity index (χ1v) is 8.58. The number of fused-ring (bicyclic) bond motifs is 1. The topological polar surface area (TPSA) is 92.3 Å². The normalized spacial score (nSPS) is 26.5. The molecule has 8 heteroatoms. The molecular weight excluding hydrogens is 316 g/mol. The highest BCUT2D eigenvalue weighted by atomic mass is 32.1. The van der Waals surface area contributed by atoms with Gasteiger partial charge >= 0.3 is 0 Å². The zero-order chi connectivity index (χ0) is 16.0. The van der Waals surface area contributed by atoms with Crippen LogP contribution in [0.2, 0.25) is 0 Å². The van der Waals surface area contributed by atoms with E-state index in [0.29, 0.717) is 23.9 Å². The Hall–Kier alpha value is -2.09. The summed E-state index contributed by atoms with van der Waals surface area (Å²) in [5.41, 5.74) is 0. The fourth-order valence-corrected chi connectivity index (χ4v) is 4.04. The van der Waals surface area contributed by atoms with Gasteiger partial charge in [0.2, 0.25) is 22.9 Å². The van der Waals surface area contributed by atoms with Crippen LogP contribution in [0.25, 0.3) is 0 Å². The lowest BCUT2D eigenvalue weighted by Gasteiger charge is -2.14. The quantitative estimate of drug-likeness (QED) is 0.663. The van der Waals surface area contributed by atoms with Crippen molar-refractivity contribution in [2.75, 3.05) is 11.9 Å². The third-order valence-corrected chi connectivity index (χ3v) is 5.52. The molecule has 0 radical (unpaired) electrons. The van der Waals surface area contributed by atoms with Gasteiger partial charge in [0.05, 0.1) is 11.8 Å². The molecule has 120 valence electrons. The summed E-state index contributed by atoms with van der Waals surface area (Å²) in [6.07, 6.45) is 7.25. The molecule has 1 aromatic rings. The van der Waals surface area contributed by atoms with E-state index in [1.165, 1.54) is 11.3 Å². The van der Waals surface area contributed by atoms with Gasteiger partial charge in [0, 0.05) is 5.92 Å². The summed E-state index contributed by atoms with van der Waals surface area (Å²) in [7, 11) is 0. The third-order valence-electron chi connectivity index (χ3n) is 4.51. The first-order chi connectivity index (χ1) is 11.1. The summed E-state index contributed by atoms with van der Waals surface area (Å²) in [6, 6.07) is 0. The number of allylic oxidation sites excluding steroid dienone is 2. The smallest absolute Gasteiger partial charge is 0.246 e. The van der Waals surface area contributed by atoms with E-state index in [4.69, 9.17) is 0 Å². The largest absolute Gasteiger partial charge is 0.299 e. The fourth-order valence-electron chi connectivity index (χ4n) is 3.11. The minimum atomic E-state index is -0.406. The lowest BCUT2D eigenvalue weighted by Crippen LogP contribution is -2.38. The van der Waals surface area contributed by atoms with E-state index in [2.05, 4.69) is 15.5 Å². The Balaban J connectivity index is 1.40. The molecule has 1 saturated carbocycles. The van der Waals surface area contributed by atoms with E-state index in [9.17, 15) is 14.4 Å². The number of carbonyl (C=O) groups excluding carboxylic acids is 3. The average molecular weight is 332 g/mol. The first-order valence-electron chi connectivity index (χ1n) is 7.77. The Morgan fingerprint density at radius 1 is 1.17 bits per heavy atom. The highest BCUT2D eigenvalue weighted by molar-refractivity contribution is 7.15. The van der Waals surface area contributed by atoms with Crippen molar-refractivity contribution in [3.05, 3.63) is 17.2 Å². The zero-order valence-electron chi connectivity index (χ0n) is 12.4. The van der Waals surface area contributed by atoms with Crippen molar-refractivity contribution < 1.29 is 14.4 Å². The van der Waals surface area contributed by atoms with Crippen LogP contribution in [-0.2, 0) is 14.4 Å². The van der Waals surface area contributed by atoms with Crippen molar-refractivity contribution >= 4 is 34.2 Å². The molecule has 2 atom stereocenters. The van der Waals surface area contributed by atoms with E-state index >= 15 is 0 Å². The lowest BCUT2D eigenvalue weighted by molar-refractivity contribution is -0.142. The standard InChI is InChI=1S/C15H16N4O3S/c20-11(16-15-18-17-12(23-15)8-5-6-8)7-19-13(21)9-3-1-2-4-10(9)14(19)22/h1-2,8-10H,3-7H2,(H,16,18,20)/t9-,10-/m1/s1. The van der Waals surface area contributed by atoms with Gasteiger partial charge in [-0.1, -0.05) is 23.5 Å². The number of rotatable bonds is 4. The van der Waals surface area contributed by atoms with Crippen LogP contribution in [0.5, 0.6) is 0 Å². The molecule has 4 rings (SSSR count). The Morgan fingerprint density at radius 2 is 1.83 bits per heavy atom. The van der Waals surface area contributed by atoms with E-state index in [-0.39, 0.29) is 30.2 Å². The van der Waals surface area contributed by atoms with E-state index in [1.54, 1.807) is 0 Å². The monoisotopic (exact) mass is 332 g/mol. The minimum Gasteiger partial charge on any atom is -0.299 e. The molecule has 1 aromatic heterocycles. The molecule has 2 fully saturated rings. The number of likely N-dealkylation sites (tertiary alicyclic amines) is 1. The van der Waals surface area contributed by atoms with Crippen molar-refractivity contribution in [1.29, 1.82) is 0 Å². The van der Waals surface area contributed by atoms with Crippen molar-refractivity contribution in [2.24, 2.45) is 11.8 Å². The maximum absolute atomic E-state index is 12.3. The maximum Gasteiger partial charge on any atom is 0.246 e. The molecule has 0 aromatic carbocycles. The van der Waals surface area contributed by atoms with Gasteiger partial charge in [0.15, 0.2) is 0 Å². The zero-order valence-corrected chi connectivity index (χ0v) is 13.2. The number of imide groups is 1. The SMILES string of the molecule is O=C(CN1C(=O)[C@@H]2CC=CC[C@H]2C1=O)Nc1nnc(C2CC2)s1. The van der Waals surface area contributed by atoms with Crippen LogP contribution in [0.15, 0.2) is 12.2 Å². The van der Waals surface area contributed by atoms with Crippen LogP contribution in [0.3, 0.4) is 0 Å². The Bertz CT molecular complexity index is 683. The number of nitrogens with one attached hydrogen (secondary N) is 1. The van der Waals surface area contributed by atoms with Crippen molar-refractivity contribution in [1.82, 2.24) is 15.1 Å². The number of anilines is 1. The molecule has 23 heavy (non-hydrogen) atoms. The van der Waals surface area contributed by atoms with Gasteiger partial charge in [-0.05, 0) is 25.7 Å². The number of carbonyl (C=O) groups is 3. The molecule has 2 aliphatic carbocycles. The van der Waals surface area contributed by atoms with Crippen LogP contribution in [0, 0.1) is 11.8 Å². The van der Waals surface area contributed by atoms with Gasteiger partial charge < -0.3 is 0 Å². The van der Waals surface area contributed by atoms with E-state index in [1.807, 2.05) is 12.2 Å². The molecule has 1 N–H and O–H groups in total. The van der Waals surface area contributed by atoms with Crippen molar-refractivity contribution in [3.8, 4) is 0 Å². The predicted octanol–water partition coefficient (Wildman–Crippen LogP) is 1.31. The Morgan fingerprint density at radius 3 is 2.43 bits per heavy atom. The molecule has 7 nitrogen and oxygen atoms in total. The summed E-state index contributed by atoms with van der Waals surface area (Å²) < 4.78 is 0. The predicted molar refractivity (Wildman–Crippen MR) is 82.6 cm³/mol. The number of aromatic nitrogens is 2. The van der Waals surface area contributed by atoms with Gasteiger partial charge in [-0.15, -0.1) is 10.2 Å². The summed E-state index contributed by atoms with van der Waals surface area (Å²) >= 11 is 1.36. The molecule has 0 bridgehead atoms. The van der Waals surface area contributed by atoms with Crippen LogP contribution >= 0.6 is 11.3 Å². The van der Waals surface area contributed by atoms with Crippen LogP contribution in [0.1, 0.15) is 36.6 Å². The second kappa shape index (κ2) is 5.52. The van der Waals surface area contributed by atoms with Gasteiger partial charge in [-0.2, -0.15) is 0 Å². The molecule has 0 spiro atoms. The molecule has 2 heterocycles. The summed E-state index contributed by atoms with van der Waals surface area (Å²) in [5, 5.41) is 12.0. The van der Waals surface area contributed by atoms with E-state index in [0.717, 1.165) is 22.7 Å². The number of hydrogen-bond donors (Lipinski definition) is 1. The molecule has 3 aliphatic rings. The molecule has 0 unspecified atom stereocenters. The van der Waals surface area contributed by atoms with Crippen LogP contribution in [-0.4, -0.2) is 39.4 Å². The minimum absolute atomic E-state index is 0.240. The van der Waals surface area contributed by atoms with Gasteiger partial charge in [0.25, 0.3) is 0 Å². The number of nitrogens with zero attached hydrogens (tertiary/aromatic N) is 3. The summed E-state index contributed by atoms with van der Waals surface area (Å²) in [4.78, 5) is 37.8. The molecule has 1 aliphatic heterocycles. The number of hydrogen-bond acceptors (Lipinski definition) is 6. The van der Waals surface area contributed by atoms with E-state index < -0.39 is 5.91 Å². The van der Waals surface area contributed by atoms with Crippen molar-refractivity contribution in [3.63, 3.8) is 0 Å². The molecule has 1 saturated heterocycles. The third kappa shape index (κ3) is 2.67. The summed E-state index contributed by atoms with van der Waals surface area (Å²) in [5.74, 6) is -1.01. The Kier molecular flexibility index (Phi) is 3.48. The average Bonchev–Trinajstić information content (AvgIpc) is 3.26. The van der Waals surface area contributed by atoms with Gasteiger partial charge in [-0.3, -0.25) is 24.6 Å². The highest BCUT2D eigenvalue weighted by Crippen LogP contribution is 2.42.